The molecule has 3 aromatic rings. The first-order chi connectivity index (χ1) is 11.4. The SMILES string of the molecule is Cc1ccc2cc(CCNS(=O)(=O)c3cccs3)c(=O)[nH]c2c1C. The zero-order valence-electron chi connectivity index (χ0n) is 13.4. The summed E-state index contributed by atoms with van der Waals surface area (Å²) in [5, 5.41) is 2.67. The summed E-state index contributed by atoms with van der Waals surface area (Å²) >= 11 is 1.17. The summed E-state index contributed by atoms with van der Waals surface area (Å²) in [4.78, 5) is 15.2. The van der Waals surface area contributed by atoms with E-state index in [1.54, 1.807) is 17.5 Å². The molecule has 126 valence electrons. The molecule has 0 aliphatic heterocycles. The summed E-state index contributed by atoms with van der Waals surface area (Å²) in [6.07, 6.45) is 0.336. The van der Waals surface area contributed by atoms with Crippen molar-refractivity contribution in [2.45, 2.75) is 24.5 Å². The molecule has 1 aromatic carbocycles. The van der Waals surface area contributed by atoms with E-state index in [2.05, 4.69) is 9.71 Å². The van der Waals surface area contributed by atoms with Gasteiger partial charge in [0.15, 0.2) is 0 Å². The minimum atomic E-state index is -3.50. The van der Waals surface area contributed by atoms with E-state index < -0.39 is 10.0 Å². The van der Waals surface area contributed by atoms with Gasteiger partial charge in [-0.2, -0.15) is 0 Å². The molecule has 24 heavy (non-hydrogen) atoms. The molecule has 2 aromatic heterocycles. The third-order valence-corrected chi connectivity index (χ3v) is 6.93. The van der Waals surface area contributed by atoms with Gasteiger partial charge >= 0.3 is 0 Å². The number of aromatic nitrogens is 1. The smallest absolute Gasteiger partial charge is 0.251 e. The second-order valence-corrected chi connectivity index (χ2v) is 8.62. The molecule has 0 atom stereocenters. The van der Waals surface area contributed by atoms with E-state index in [0.717, 1.165) is 22.0 Å². The number of hydrogen-bond donors (Lipinski definition) is 2. The van der Waals surface area contributed by atoms with E-state index in [0.29, 0.717) is 12.0 Å². The second kappa shape index (κ2) is 6.51. The van der Waals surface area contributed by atoms with E-state index in [-0.39, 0.29) is 16.3 Å². The van der Waals surface area contributed by atoms with Gasteiger partial charge in [0.1, 0.15) is 4.21 Å². The molecule has 0 saturated heterocycles. The van der Waals surface area contributed by atoms with Gasteiger partial charge in [0.25, 0.3) is 5.56 Å². The Morgan fingerprint density at radius 2 is 2.00 bits per heavy atom. The maximum atomic E-state index is 12.3. The predicted molar refractivity (Wildman–Crippen MR) is 97.3 cm³/mol. The fraction of sp³-hybridized carbons (Fsp3) is 0.235. The Morgan fingerprint density at radius 1 is 1.21 bits per heavy atom. The largest absolute Gasteiger partial charge is 0.321 e. The van der Waals surface area contributed by atoms with Gasteiger partial charge in [0.2, 0.25) is 10.0 Å². The number of thiophene rings is 1. The highest BCUT2D eigenvalue weighted by Crippen LogP contribution is 2.19. The number of rotatable bonds is 5. The minimum Gasteiger partial charge on any atom is -0.321 e. The van der Waals surface area contributed by atoms with Crippen LogP contribution in [0.5, 0.6) is 0 Å². The third kappa shape index (κ3) is 3.28. The van der Waals surface area contributed by atoms with Crippen LogP contribution in [0.3, 0.4) is 0 Å². The van der Waals surface area contributed by atoms with Crippen LogP contribution in [0, 0.1) is 13.8 Å². The zero-order chi connectivity index (χ0) is 17.3. The summed E-state index contributed by atoms with van der Waals surface area (Å²) in [6, 6.07) is 9.06. The molecule has 7 heteroatoms. The molecule has 2 heterocycles. The number of hydrogen-bond acceptors (Lipinski definition) is 4. The average molecular weight is 362 g/mol. The summed E-state index contributed by atoms with van der Waals surface area (Å²) in [7, 11) is -3.50. The Bertz CT molecular complexity index is 1040. The number of aryl methyl sites for hydroxylation is 2. The van der Waals surface area contributed by atoms with Crippen LogP contribution in [0.4, 0.5) is 0 Å². The molecule has 0 saturated carbocycles. The first-order valence-corrected chi connectivity index (χ1v) is 9.90. The Labute approximate surface area is 144 Å². The molecule has 0 aliphatic carbocycles. The highest BCUT2D eigenvalue weighted by molar-refractivity contribution is 7.91. The summed E-state index contributed by atoms with van der Waals surface area (Å²) in [5.74, 6) is 0. The van der Waals surface area contributed by atoms with E-state index in [9.17, 15) is 13.2 Å². The van der Waals surface area contributed by atoms with Gasteiger partial charge in [0, 0.05) is 12.1 Å². The van der Waals surface area contributed by atoms with Crippen molar-refractivity contribution < 1.29 is 8.42 Å². The molecule has 3 rings (SSSR count). The lowest BCUT2D eigenvalue weighted by atomic mass is 10.0. The van der Waals surface area contributed by atoms with Crippen LogP contribution < -0.4 is 10.3 Å². The molecular weight excluding hydrogens is 344 g/mol. The van der Waals surface area contributed by atoms with Crippen LogP contribution >= 0.6 is 11.3 Å². The number of sulfonamides is 1. The van der Waals surface area contributed by atoms with Crippen molar-refractivity contribution >= 4 is 32.3 Å². The van der Waals surface area contributed by atoms with Crippen molar-refractivity contribution in [2.24, 2.45) is 0 Å². The van der Waals surface area contributed by atoms with Gasteiger partial charge in [-0.3, -0.25) is 4.79 Å². The van der Waals surface area contributed by atoms with Crippen LogP contribution in [0.2, 0.25) is 0 Å². The average Bonchev–Trinajstić information content (AvgIpc) is 3.08. The molecule has 0 unspecified atom stereocenters. The molecule has 0 aliphatic rings. The van der Waals surface area contributed by atoms with Crippen molar-refractivity contribution in [3.05, 3.63) is 62.8 Å². The molecular formula is C17H18N2O3S2. The topological polar surface area (TPSA) is 79.0 Å². The first-order valence-electron chi connectivity index (χ1n) is 7.54. The van der Waals surface area contributed by atoms with Gasteiger partial charge < -0.3 is 4.98 Å². The minimum absolute atomic E-state index is 0.175. The fourth-order valence-electron chi connectivity index (χ4n) is 2.56. The maximum Gasteiger partial charge on any atom is 0.251 e. The van der Waals surface area contributed by atoms with E-state index >= 15 is 0 Å². The van der Waals surface area contributed by atoms with Gasteiger partial charge in [-0.15, -0.1) is 11.3 Å². The molecule has 0 bridgehead atoms. The number of aromatic amines is 1. The summed E-state index contributed by atoms with van der Waals surface area (Å²) in [6.45, 7) is 4.16. The van der Waals surface area contributed by atoms with Crippen LogP contribution in [0.1, 0.15) is 16.7 Å². The monoisotopic (exact) mass is 362 g/mol. The highest BCUT2D eigenvalue weighted by atomic mass is 32.2. The van der Waals surface area contributed by atoms with Crippen molar-refractivity contribution in [1.29, 1.82) is 0 Å². The molecule has 0 fully saturated rings. The summed E-state index contributed by atoms with van der Waals surface area (Å²) < 4.78 is 27.0. The first kappa shape index (κ1) is 16.9. The molecule has 0 amide bonds. The third-order valence-electron chi connectivity index (χ3n) is 4.07. The van der Waals surface area contributed by atoms with Gasteiger partial charge in [-0.1, -0.05) is 18.2 Å². The van der Waals surface area contributed by atoms with Gasteiger partial charge in [0.05, 0.1) is 5.52 Å². The lowest BCUT2D eigenvalue weighted by molar-refractivity contribution is 0.583. The standard InChI is InChI=1S/C17H18N2O3S2/c1-11-5-6-13-10-14(17(20)19-16(13)12(11)2)7-8-18-24(21,22)15-4-3-9-23-15/h3-6,9-10,18H,7-8H2,1-2H3,(H,19,20). The van der Waals surface area contributed by atoms with E-state index in [4.69, 9.17) is 0 Å². The Kier molecular flexibility index (Phi) is 4.58. The number of nitrogens with one attached hydrogen (secondary N) is 2. The molecule has 0 radical (unpaired) electrons. The molecule has 5 nitrogen and oxygen atoms in total. The number of pyridine rings is 1. The van der Waals surface area contributed by atoms with Crippen LogP contribution in [0.15, 0.2) is 44.7 Å². The van der Waals surface area contributed by atoms with Crippen molar-refractivity contribution in [3.8, 4) is 0 Å². The maximum absolute atomic E-state index is 12.3. The van der Waals surface area contributed by atoms with Crippen molar-refractivity contribution in [1.82, 2.24) is 9.71 Å². The quantitative estimate of drug-likeness (QED) is 0.732. The predicted octanol–water partition coefficient (Wildman–Crippen LogP) is 2.73. The zero-order valence-corrected chi connectivity index (χ0v) is 15.1. The van der Waals surface area contributed by atoms with Crippen molar-refractivity contribution in [2.75, 3.05) is 6.54 Å². The lowest BCUT2D eigenvalue weighted by Crippen LogP contribution is -2.27. The Balaban J connectivity index is 1.80. The van der Waals surface area contributed by atoms with Crippen LogP contribution in [-0.2, 0) is 16.4 Å². The molecule has 2 N–H and O–H groups in total. The van der Waals surface area contributed by atoms with Gasteiger partial charge in [-0.05, 0) is 54.3 Å². The van der Waals surface area contributed by atoms with Crippen LogP contribution in [-0.4, -0.2) is 19.9 Å². The lowest BCUT2D eigenvalue weighted by Gasteiger charge is -2.08. The van der Waals surface area contributed by atoms with Gasteiger partial charge in [-0.25, -0.2) is 13.1 Å². The Hall–Kier alpha value is -1.96. The molecule has 0 spiro atoms. The Morgan fingerprint density at radius 3 is 2.71 bits per heavy atom. The number of H-pyrrole nitrogens is 1. The fourth-order valence-corrected chi connectivity index (χ4v) is 4.63. The number of benzene rings is 1. The van der Waals surface area contributed by atoms with E-state index in [1.165, 1.54) is 11.3 Å². The second-order valence-electron chi connectivity index (χ2n) is 5.68. The normalized spacial score (nSPS) is 11.9. The van der Waals surface area contributed by atoms with Crippen molar-refractivity contribution in [3.63, 3.8) is 0 Å². The summed E-state index contributed by atoms with van der Waals surface area (Å²) in [5.41, 5.74) is 3.40. The van der Waals surface area contributed by atoms with Crippen LogP contribution in [0.25, 0.3) is 10.9 Å². The highest BCUT2D eigenvalue weighted by Gasteiger charge is 2.14. The number of fused-ring (bicyclic) bond motifs is 1. The van der Waals surface area contributed by atoms with E-state index in [1.807, 2.05) is 32.0 Å².